The van der Waals surface area contributed by atoms with Crippen molar-refractivity contribution in [1.82, 2.24) is 19.2 Å². The number of hydrogen-bond acceptors (Lipinski definition) is 4. The fourth-order valence-corrected chi connectivity index (χ4v) is 4.24. The molecule has 1 aliphatic rings. The lowest BCUT2D eigenvalue weighted by molar-refractivity contribution is 0.119. The zero-order valence-corrected chi connectivity index (χ0v) is 13.1. The predicted octanol–water partition coefficient (Wildman–Crippen LogP) is 1.22. The average molecular weight is 300 g/mol. The third kappa shape index (κ3) is 3.39. The first-order valence-electron chi connectivity index (χ1n) is 7.29. The van der Waals surface area contributed by atoms with Gasteiger partial charge in [0, 0.05) is 32.0 Å². The molecule has 1 aromatic heterocycles. The van der Waals surface area contributed by atoms with E-state index in [0.717, 1.165) is 31.8 Å². The van der Waals surface area contributed by atoms with Crippen molar-refractivity contribution in [2.24, 2.45) is 0 Å². The molecule has 0 radical (unpaired) electrons. The van der Waals surface area contributed by atoms with Crippen molar-refractivity contribution in [1.29, 1.82) is 0 Å². The first kappa shape index (κ1) is 15.5. The van der Waals surface area contributed by atoms with Crippen LogP contribution in [0.1, 0.15) is 38.6 Å². The van der Waals surface area contributed by atoms with Gasteiger partial charge in [0.1, 0.15) is 5.82 Å². The van der Waals surface area contributed by atoms with Crippen molar-refractivity contribution in [2.45, 2.75) is 32.7 Å². The highest BCUT2D eigenvalue weighted by Gasteiger charge is 2.34. The lowest BCUT2D eigenvalue weighted by atomic mass is 10.2. The number of imidazole rings is 1. The fraction of sp³-hybridized carbons (Fsp3) is 0.769. The maximum absolute atomic E-state index is 12.3. The van der Waals surface area contributed by atoms with Crippen LogP contribution in [0.15, 0.2) is 12.4 Å². The molecule has 0 saturated carbocycles. The quantitative estimate of drug-likeness (QED) is 0.857. The van der Waals surface area contributed by atoms with Gasteiger partial charge in [-0.1, -0.05) is 20.3 Å². The van der Waals surface area contributed by atoms with Crippen molar-refractivity contribution >= 4 is 10.0 Å². The van der Waals surface area contributed by atoms with E-state index in [4.69, 9.17) is 0 Å². The van der Waals surface area contributed by atoms with E-state index < -0.39 is 10.0 Å². The number of likely N-dealkylation sites (N-methyl/N-ethyl adjacent to an activating group) is 1. The highest BCUT2D eigenvalue weighted by atomic mass is 32.2. The number of nitrogens with zero attached hydrogens (tertiary/aromatic N) is 3. The molecule has 0 aliphatic carbocycles. The van der Waals surface area contributed by atoms with Crippen LogP contribution in [0.5, 0.6) is 0 Å². The van der Waals surface area contributed by atoms with E-state index in [1.165, 1.54) is 0 Å². The SMILES string of the molecule is CCCCS(=O)(=O)N1CCN(CC)C(c2ncc[nH]2)C1. The number of nitrogens with one attached hydrogen (secondary N) is 1. The first-order chi connectivity index (χ1) is 9.58. The molecule has 2 rings (SSSR count). The predicted molar refractivity (Wildman–Crippen MR) is 78.8 cm³/mol. The molecule has 0 bridgehead atoms. The molecular weight excluding hydrogens is 276 g/mol. The van der Waals surface area contributed by atoms with Gasteiger partial charge in [0.2, 0.25) is 10.0 Å². The normalized spacial score (nSPS) is 22.2. The summed E-state index contributed by atoms with van der Waals surface area (Å²) in [4.78, 5) is 9.68. The Morgan fingerprint density at radius 2 is 2.20 bits per heavy atom. The third-order valence-electron chi connectivity index (χ3n) is 3.84. The van der Waals surface area contributed by atoms with Crippen molar-refractivity contribution in [3.63, 3.8) is 0 Å². The Kier molecular flexibility index (Phi) is 5.17. The molecule has 114 valence electrons. The van der Waals surface area contributed by atoms with E-state index in [2.05, 4.69) is 21.8 Å². The maximum Gasteiger partial charge on any atom is 0.214 e. The van der Waals surface area contributed by atoms with Crippen LogP contribution in [-0.4, -0.2) is 59.5 Å². The molecule has 2 heterocycles. The fourth-order valence-electron chi connectivity index (χ4n) is 2.60. The Bertz CT molecular complexity index is 500. The van der Waals surface area contributed by atoms with Crippen LogP contribution in [-0.2, 0) is 10.0 Å². The second kappa shape index (κ2) is 6.69. The van der Waals surface area contributed by atoms with Gasteiger partial charge in [-0.2, -0.15) is 4.31 Å². The molecule has 0 aromatic carbocycles. The Morgan fingerprint density at radius 1 is 1.40 bits per heavy atom. The molecule has 1 fully saturated rings. The van der Waals surface area contributed by atoms with Gasteiger partial charge in [-0.25, -0.2) is 13.4 Å². The number of aromatic nitrogens is 2. The Hall–Kier alpha value is -0.920. The van der Waals surface area contributed by atoms with Crippen LogP contribution in [0.25, 0.3) is 0 Å². The van der Waals surface area contributed by atoms with Crippen LogP contribution < -0.4 is 0 Å². The van der Waals surface area contributed by atoms with E-state index >= 15 is 0 Å². The third-order valence-corrected chi connectivity index (χ3v) is 5.77. The lowest BCUT2D eigenvalue weighted by Crippen LogP contribution is -2.51. The van der Waals surface area contributed by atoms with Crippen LogP contribution in [0.4, 0.5) is 0 Å². The number of hydrogen-bond donors (Lipinski definition) is 1. The average Bonchev–Trinajstić information content (AvgIpc) is 2.98. The van der Waals surface area contributed by atoms with Gasteiger partial charge in [-0.05, 0) is 13.0 Å². The number of rotatable bonds is 6. The smallest absolute Gasteiger partial charge is 0.214 e. The summed E-state index contributed by atoms with van der Waals surface area (Å²) in [7, 11) is -3.14. The van der Waals surface area contributed by atoms with Crippen LogP contribution in [0, 0.1) is 0 Å². The van der Waals surface area contributed by atoms with Crippen LogP contribution >= 0.6 is 0 Å². The van der Waals surface area contributed by atoms with E-state index in [-0.39, 0.29) is 11.8 Å². The summed E-state index contributed by atoms with van der Waals surface area (Å²) in [6.45, 7) is 6.83. The summed E-state index contributed by atoms with van der Waals surface area (Å²) in [5, 5.41) is 0. The largest absolute Gasteiger partial charge is 0.347 e. The van der Waals surface area contributed by atoms with E-state index in [9.17, 15) is 8.42 Å². The number of piperazine rings is 1. The lowest BCUT2D eigenvalue weighted by Gasteiger charge is -2.39. The summed E-state index contributed by atoms with van der Waals surface area (Å²) in [5.41, 5.74) is 0. The zero-order chi connectivity index (χ0) is 14.6. The minimum Gasteiger partial charge on any atom is -0.347 e. The van der Waals surface area contributed by atoms with E-state index in [1.54, 1.807) is 16.7 Å². The molecule has 1 aromatic rings. The highest BCUT2D eigenvalue weighted by Crippen LogP contribution is 2.24. The topological polar surface area (TPSA) is 69.3 Å². The van der Waals surface area contributed by atoms with Crippen molar-refractivity contribution < 1.29 is 8.42 Å². The van der Waals surface area contributed by atoms with E-state index in [0.29, 0.717) is 13.1 Å². The van der Waals surface area contributed by atoms with Crippen LogP contribution in [0.2, 0.25) is 0 Å². The molecule has 7 heteroatoms. The molecule has 6 nitrogen and oxygen atoms in total. The number of H-pyrrole nitrogens is 1. The molecule has 1 unspecified atom stereocenters. The second-order valence-electron chi connectivity index (χ2n) is 5.15. The Balaban J connectivity index is 2.12. The zero-order valence-electron chi connectivity index (χ0n) is 12.2. The van der Waals surface area contributed by atoms with Gasteiger partial charge in [-0.15, -0.1) is 0 Å². The van der Waals surface area contributed by atoms with E-state index in [1.807, 2.05) is 6.92 Å². The molecule has 0 spiro atoms. The van der Waals surface area contributed by atoms with Crippen molar-refractivity contribution in [3.8, 4) is 0 Å². The highest BCUT2D eigenvalue weighted by molar-refractivity contribution is 7.89. The Labute approximate surface area is 121 Å². The summed E-state index contributed by atoms with van der Waals surface area (Å²) in [6, 6.07) is 0.0279. The van der Waals surface area contributed by atoms with Gasteiger partial charge in [-0.3, -0.25) is 4.90 Å². The minimum atomic E-state index is -3.14. The molecular formula is C13H24N4O2S. The molecule has 1 N–H and O–H groups in total. The molecule has 1 atom stereocenters. The summed E-state index contributed by atoms with van der Waals surface area (Å²) >= 11 is 0. The number of aromatic amines is 1. The number of unbranched alkanes of at least 4 members (excludes halogenated alkanes) is 1. The molecule has 20 heavy (non-hydrogen) atoms. The van der Waals surface area contributed by atoms with Gasteiger partial charge in [0.15, 0.2) is 0 Å². The molecule has 0 amide bonds. The van der Waals surface area contributed by atoms with Gasteiger partial charge >= 0.3 is 0 Å². The maximum atomic E-state index is 12.3. The standard InChI is InChI=1S/C13H24N4O2S/c1-3-5-10-20(18,19)17-9-8-16(4-2)12(11-17)13-14-6-7-15-13/h6-7,12H,3-5,8-11H2,1-2H3,(H,14,15). The number of sulfonamides is 1. The van der Waals surface area contributed by atoms with Gasteiger partial charge in [0.25, 0.3) is 0 Å². The Morgan fingerprint density at radius 3 is 2.80 bits per heavy atom. The first-order valence-corrected chi connectivity index (χ1v) is 8.90. The molecule has 1 aliphatic heterocycles. The summed E-state index contributed by atoms with van der Waals surface area (Å²) in [5.74, 6) is 1.10. The second-order valence-corrected chi connectivity index (χ2v) is 7.23. The molecule has 1 saturated heterocycles. The monoisotopic (exact) mass is 300 g/mol. The van der Waals surface area contributed by atoms with Gasteiger partial charge in [0.05, 0.1) is 11.8 Å². The minimum absolute atomic E-state index is 0.0279. The summed E-state index contributed by atoms with van der Waals surface area (Å²) in [6.07, 6.45) is 5.12. The van der Waals surface area contributed by atoms with Crippen molar-refractivity contribution in [2.75, 3.05) is 31.9 Å². The summed E-state index contributed by atoms with van der Waals surface area (Å²) < 4.78 is 26.3. The van der Waals surface area contributed by atoms with Gasteiger partial charge < -0.3 is 4.98 Å². The van der Waals surface area contributed by atoms with Crippen molar-refractivity contribution in [3.05, 3.63) is 18.2 Å². The van der Waals surface area contributed by atoms with Crippen LogP contribution in [0.3, 0.4) is 0 Å².